The molecule has 0 radical (unpaired) electrons. The summed E-state index contributed by atoms with van der Waals surface area (Å²) in [4.78, 5) is 40.9. The normalized spacial score (nSPS) is 18.5. The summed E-state index contributed by atoms with van der Waals surface area (Å²) in [5.74, 6) is -7.06. The van der Waals surface area contributed by atoms with Crippen molar-refractivity contribution in [3.8, 4) is 5.75 Å². The molecule has 0 saturated carbocycles. The average molecular weight is 598 g/mol. The molecule has 4 rings (SSSR count). The average Bonchev–Trinajstić information content (AvgIpc) is 3.16. The molecule has 1 fully saturated rings. The Hall–Kier alpha value is -4.38. The van der Waals surface area contributed by atoms with Crippen molar-refractivity contribution >= 4 is 17.7 Å². The Bertz CT molecular complexity index is 1500. The number of carbonyl (C=O) groups excluding carboxylic acids is 3. The van der Waals surface area contributed by atoms with Crippen molar-refractivity contribution in [3.05, 3.63) is 101 Å². The molecule has 1 aliphatic rings. The summed E-state index contributed by atoms with van der Waals surface area (Å²) in [5, 5.41) is 26.4. The molecule has 1 aliphatic heterocycles. The third kappa shape index (κ3) is 6.51. The van der Waals surface area contributed by atoms with E-state index in [9.17, 15) is 29.0 Å². The smallest absolute Gasteiger partial charge is 0.272 e. The molecule has 4 N–H and O–H groups in total. The lowest BCUT2D eigenvalue weighted by Crippen LogP contribution is -2.57. The van der Waals surface area contributed by atoms with E-state index in [-0.39, 0.29) is 35.4 Å². The molecular weight excluding hydrogens is 563 g/mol. The molecule has 43 heavy (non-hydrogen) atoms. The Kier molecular flexibility index (Phi) is 9.15. The molecule has 0 spiro atoms. The van der Waals surface area contributed by atoms with Gasteiger partial charge in [0.15, 0.2) is 6.10 Å². The summed E-state index contributed by atoms with van der Waals surface area (Å²) >= 11 is 0. The predicted octanol–water partition coefficient (Wildman–Crippen LogP) is 3.73. The van der Waals surface area contributed by atoms with Crippen LogP contribution >= 0.6 is 0 Å². The van der Waals surface area contributed by atoms with Gasteiger partial charge in [-0.1, -0.05) is 68.4 Å². The number of amides is 3. The fraction of sp³-hybridized carbons (Fsp3) is 0.344. The Morgan fingerprint density at radius 2 is 1.65 bits per heavy atom. The number of phenols is 1. The van der Waals surface area contributed by atoms with Crippen LogP contribution in [0.25, 0.3) is 0 Å². The number of hydrogen-bond acceptors (Lipinski definition) is 5. The van der Waals surface area contributed by atoms with Crippen LogP contribution in [0.4, 0.5) is 13.2 Å². The zero-order chi connectivity index (χ0) is 31.5. The zero-order valence-corrected chi connectivity index (χ0v) is 24.0. The van der Waals surface area contributed by atoms with Crippen molar-refractivity contribution < 1.29 is 37.8 Å². The lowest BCUT2D eigenvalue weighted by atomic mass is 9.81. The summed E-state index contributed by atoms with van der Waals surface area (Å²) < 4.78 is 44.7. The van der Waals surface area contributed by atoms with Gasteiger partial charge in [-0.15, -0.1) is 0 Å². The second-order valence-electron chi connectivity index (χ2n) is 11.3. The number of alkyl halides is 2. The van der Waals surface area contributed by atoms with E-state index in [0.717, 1.165) is 13.8 Å². The van der Waals surface area contributed by atoms with Gasteiger partial charge in [0.2, 0.25) is 5.91 Å². The molecule has 3 aromatic rings. The molecule has 228 valence electrons. The van der Waals surface area contributed by atoms with Gasteiger partial charge in [0.1, 0.15) is 17.6 Å². The third-order valence-corrected chi connectivity index (χ3v) is 8.05. The molecule has 0 unspecified atom stereocenters. The molecule has 3 atom stereocenters. The van der Waals surface area contributed by atoms with Gasteiger partial charge in [-0.3, -0.25) is 14.4 Å². The number of hydrogen-bond donors (Lipinski definition) is 4. The third-order valence-electron chi connectivity index (χ3n) is 8.05. The first-order chi connectivity index (χ1) is 20.2. The molecule has 0 aliphatic carbocycles. The summed E-state index contributed by atoms with van der Waals surface area (Å²) in [6.07, 6.45) is -2.07. The SMILES string of the molecule is Cc1c(O)cccc1C(=O)N[C@@H](Cc1ccccc1)[C@H](O)C(=O)N1CC(F)(F)C(C)(C)[C@H]1C(=O)NCc1ccccc1F. The van der Waals surface area contributed by atoms with E-state index in [1.165, 1.54) is 43.3 Å². The Morgan fingerprint density at radius 1 is 1.00 bits per heavy atom. The van der Waals surface area contributed by atoms with Crippen molar-refractivity contribution in [1.29, 1.82) is 0 Å². The molecule has 8 nitrogen and oxygen atoms in total. The van der Waals surface area contributed by atoms with Gasteiger partial charge < -0.3 is 25.7 Å². The van der Waals surface area contributed by atoms with E-state index in [2.05, 4.69) is 10.6 Å². The minimum atomic E-state index is -3.51. The monoisotopic (exact) mass is 597 g/mol. The second kappa shape index (κ2) is 12.5. The van der Waals surface area contributed by atoms with Crippen LogP contribution in [0.2, 0.25) is 0 Å². The Balaban J connectivity index is 1.62. The lowest BCUT2D eigenvalue weighted by Gasteiger charge is -2.34. The number of likely N-dealkylation sites (tertiary alicyclic amines) is 1. The van der Waals surface area contributed by atoms with E-state index in [1.54, 1.807) is 36.4 Å². The van der Waals surface area contributed by atoms with Crippen LogP contribution in [-0.2, 0) is 22.6 Å². The van der Waals surface area contributed by atoms with Crippen LogP contribution in [0.3, 0.4) is 0 Å². The highest BCUT2D eigenvalue weighted by Crippen LogP contribution is 2.48. The summed E-state index contributed by atoms with van der Waals surface area (Å²) in [6, 6.07) is 15.6. The topological polar surface area (TPSA) is 119 Å². The first-order valence-corrected chi connectivity index (χ1v) is 13.8. The first-order valence-electron chi connectivity index (χ1n) is 13.8. The van der Waals surface area contributed by atoms with Gasteiger partial charge in [0.05, 0.1) is 18.0 Å². The quantitative estimate of drug-likeness (QED) is 0.300. The maximum absolute atomic E-state index is 15.3. The number of phenolic OH excluding ortho intramolecular Hbond substituents is 1. The summed E-state index contributed by atoms with van der Waals surface area (Å²) in [6.45, 7) is 2.37. The number of carbonyl (C=O) groups is 3. The van der Waals surface area contributed by atoms with Crippen LogP contribution in [-0.4, -0.2) is 63.5 Å². The molecule has 1 saturated heterocycles. The van der Waals surface area contributed by atoms with Crippen molar-refractivity contribution in [2.45, 2.75) is 57.8 Å². The number of aliphatic hydroxyl groups excluding tert-OH is 1. The molecule has 0 bridgehead atoms. The van der Waals surface area contributed by atoms with E-state index in [1.807, 2.05) is 0 Å². The van der Waals surface area contributed by atoms with Crippen LogP contribution in [0.15, 0.2) is 72.8 Å². The van der Waals surface area contributed by atoms with Crippen molar-refractivity contribution in [1.82, 2.24) is 15.5 Å². The zero-order valence-electron chi connectivity index (χ0n) is 24.0. The molecular formula is C32H34F3N3O5. The molecule has 3 aromatic carbocycles. The number of aromatic hydroxyl groups is 1. The van der Waals surface area contributed by atoms with Gasteiger partial charge in [-0.2, -0.15) is 0 Å². The molecule has 3 amide bonds. The number of rotatable bonds is 9. The van der Waals surface area contributed by atoms with E-state index < -0.39 is 59.6 Å². The fourth-order valence-electron chi connectivity index (χ4n) is 5.26. The fourth-order valence-corrected chi connectivity index (χ4v) is 5.26. The van der Waals surface area contributed by atoms with Crippen LogP contribution < -0.4 is 10.6 Å². The number of benzene rings is 3. The van der Waals surface area contributed by atoms with Crippen molar-refractivity contribution in [3.63, 3.8) is 0 Å². The van der Waals surface area contributed by atoms with E-state index >= 15 is 8.78 Å². The van der Waals surface area contributed by atoms with E-state index in [0.29, 0.717) is 10.5 Å². The van der Waals surface area contributed by atoms with Crippen LogP contribution in [0.5, 0.6) is 5.75 Å². The Morgan fingerprint density at radius 3 is 2.33 bits per heavy atom. The van der Waals surface area contributed by atoms with E-state index in [4.69, 9.17) is 0 Å². The van der Waals surface area contributed by atoms with Gasteiger partial charge in [0, 0.05) is 23.2 Å². The standard InChI is InChI=1S/C32H34F3N3O5/c1-19-22(13-9-15-25(19)39)28(41)37-24(16-20-10-5-4-6-11-20)26(40)30(43)38-18-32(34,35)31(2,3)27(38)29(42)36-17-21-12-7-8-14-23(21)33/h4-15,24,26-27,39-40H,16-18H2,1-3H3,(H,36,42)(H,37,41)/t24-,26-,27+/m0/s1. The number of aliphatic hydroxyl groups is 1. The van der Waals surface area contributed by atoms with Crippen molar-refractivity contribution in [2.75, 3.05) is 6.54 Å². The van der Waals surface area contributed by atoms with Crippen molar-refractivity contribution in [2.24, 2.45) is 5.41 Å². The highest BCUT2D eigenvalue weighted by molar-refractivity contribution is 5.97. The molecule has 0 aromatic heterocycles. The second-order valence-corrected chi connectivity index (χ2v) is 11.3. The predicted molar refractivity (Wildman–Crippen MR) is 153 cm³/mol. The lowest BCUT2D eigenvalue weighted by molar-refractivity contribution is -0.148. The minimum Gasteiger partial charge on any atom is -0.508 e. The number of halogens is 3. The highest BCUT2D eigenvalue weighted by atomic mass is 19.3. The molecule has 1 heterocycles. The largest absolute Gasteiger partial charge is 0.508 e. The van der Waals surface area contributed by atoms with Gasteiger partial charge in [-0.05, 0) is 37.1 Å². The molecule has 11 heteroatoms. The Labute approximate surface area is 247 Å². The maximum atomic E-state index is 15.3. The first kappa shape index (κ1) is 31.6. The number of nitrogens with one attached hydrogen (secondary N) is 2. The van der Waals surface area contributed by atoms with Crippen LogP contribution in [0, 0.1) is 18.2 Å². The number of nitrogens with zero attached hydrogens (tertiary/aromatic N) is 1. The summed E-state index contributed by atoms with van der Waals surface area (Å²) in [7, 11) is 0. The maximum Gasteiger partial charge on any atom is 0.272 e. The highest BCUT2D eigenvalue weighted by Gasteiger charge is 2.64. The van der Waals surface area contributed by atoms with Gasteiger partial charge >= 0.3 is 0 Å². The minimum absolute atomic E-state index is 0.0465. The van der Waals surface area contributed by atoms with Gasteiger partial charge in [-0.25, -0.2) is 13.2 Å². The van der Waals surface area contributed by atoms with Gasteiger partial charge in [0.25, 0.3) is 17.7 Å². The summed E-state index contributed by atoms with van der Waals surface area (Å²) in [5.41, 5.74) is -0.912. The van der Waals surface area contributed by atoms with Crippen LogP contribution in [0.1, 0.15) is 40.9 Å².